The van der Waals surface area contributed by atoms with Gasteiger partial charge in [0.25, 0.3) is 0 Å². The number of halogens is 1. The minimum atomic E-state index is -0.0622. The highest BCUT2D eigenvalue weighted by molar-refractivity contribution is 7.99. The molecule has 2 aromatic carbocycles. The van der Waals surface area contributed by atoms with Crippen molar-refractivity contribution in [2.24, 2.45) is 0 Å². The second-order valence-electron chi connectivity index (χ2n) is 6.20. The Kier molecular flexibility index (Phi) is 3.62. The maximum Gasteiger partial charge on any atom is 0.212 e. The van der Waals surface area contributed by atoms with E-state index in [0.29, 0.717) is 5.15 Å². The van der Waals surface area contributed by atoms with Crippen LogP contribution in [0, 0.1) is 6.92 Å². The van der Waals surface area contributed by atoms with Crippen LogP contribution in [0.4, 0.5) is 0 Å². The van der Waals surface area contributed by atoms with E-state index in [1.165, 1.54) is 5.56 Å². The third kappa shape index (κ3) is 2.53. The molecule has 0 radical (unpaired) electrons. The lowest BCUT2D eigenvalue weighted by Crippen LogP contribution is -2.14. The van der Waals surface area contributed by atoms with Gasteiger partial charge in [-0.2, -0.15) is 0 Å². The molecule has 0 saturated carbocycles. The van der Waals surface area contributed by atoms with Gasteiger partial charge in [-0.05, 0) is 25.1 Å². The van der Waals surface area contributed by atoms with Crippen molar-refractivity contribution in [3.8, 4) is 11.4 Å². The maximum atomic E-state index is 6.48. The third-order valence-corrected chi connectivity index (χ3v) is 5.74. The molecule has 0 fully saturated rings. The molecule has 1 atom stereocenters. The van der Waals surface area contributed by atoms with Gasteiger partial charge < -0.3 is 5.43 Å². The highest BCUT2D eigenvalue weighted by Crippen LogP contribution is 2.42. The van der Waals surface area contributed by atoms with Crippen molar-refractivity contribution in [3.05, 3.63) is 70.9 Å². The molecule has 7 heteroatoms. The van der Waals surface area contributed by atoms with Gasteiger partial charge in [-0.25, -0.2) is 9.66 Å². The Labute approximate surface area is 159 Å². The quantitative estimate of drug-likeness (QED) is 0.507. The zero-order valence-corrected chi connectivity index (χ0v) is 15.4. The normalized spacial score (nSPS) is 15.8. The van der Waals surface area contributed by atoms with E-state index in [1.54, 1.807) is 11.8 Å². The first kappa shape index (κ1) is 15.7. The van der Waals surface area contributed by atoms with Crippen molar-refractivity contribution in [1.82, 2.24) is 19.9 Å². The predicted octanol–water partition coefficient (Wildman–Crippen LogP) is 4.80. The average Bonchev–Trinajstić information content (AvgIpc) is 3.23. The summed E-state index contributed by atoms with van der Waals surface area (Å²) in [6.07, 6.45) is 0. The van der Waals surface area contributed by atoms with Crippen molar-refractivity contribution >= 4 is 34.3 Å². The summed E-state index contributed by atoms with van der Waals surface area (Å²) in [6, 6.07) is 18.3. The van der Waals surface area contributed by atoms with Gasteiger partial charge >= 0.3 is 0 Å². The summed E-state index contributed by atoms with van der Waals surface area (Å²) in [5.74, 6) is 0.788. The Morgan fingerprint density at radius 2 is 1.92 bits per heavy atom. The number of hydrogen-bond acceptors (Lipinski definition) is 5. The van der Waals surface area contributed by atoms with E-state index in [-0.39, 0.29) is 5.37 Å². The molecule has 128 valence electrons. The number of nitrogens with zero attached hydrogens (tertiary/aromatic N) is 4. The number of nitrogens with one attached hydrogen (secondary N) is 1. The van der Waals surface area contributed by atoms with E-state index in [0.717, 1.165) is 33.0 Å². The van der Waals surface area contributed by atoms with Gasteiger partial charge in [-0.15, -0.1) is 10.2 Å². The monoisotopic (exact) mass is 379 g/mol. The highest BCUT2D eigenvalue weighted by atomic mass is 35.5. The van der Waals surface area contributed by atoms with E-state index < -0.39 is 0 Å². The summed E-state index contributed by atoms with van der Waals surface area (Å²) in [6.45, 7) is 2.07. The van der Waals surface area contributed by atoms with Crippen molar-refractivity contribution < 1.29 is 0 Å². The number of aryl methyl sites for hydroxylation is 1. The molecular formula is C19H14ClN5S. The second-order valence-corrected chi connectivity index (χ2v) is 7.63. The second kappa shape index (κ2) is 6.00. The standard InChI is InChI=1S/C19H14ClN5S/c1-11-7-8-15-13(9-11)10-14(16(20)21-15)18-24-25-17(22-23-19(25)26-18)12-5-3-2-4-6-12/h2-10,18,24H,1H3. The lowest BCUT2D eigenvalue weighted by atomic mass is 10.1. The van der Waals surface area contributed by atoms with Crippen molar-refractivity contribution in [2.75, 3.05) is 5.43 Å². The summed E-state index contributed by atoms with van der Waals surface area (Å²) in [5, 5.41) is 10.9. The first-order valence-corrected chi connectivity index (χ1v) is 9.46. The minimum Gasteiger partial charge on any atom is -0.304 e. The highest BCUT2D eigenvalue weighted by Gasteiger charge is 2.30. The van der Waals surface area contributed by atoms with Gasteiger partial charge in [0.2, 0.25) is 5.16 Å². The molecule has 0 spiro atoms. The van der Waals surface area contributed by atoms with Crippen LogP contribution in [-0.2, 0) is 0 Å². The smallest absolute Gasteiger partial charge is 0.212 e. The van der Waals surface area contributed by atoms with E-state index in [4.69, 9.17) is 11.6 Å². The molecule has 3 heterocycles. The van der Waals surface area contributed by atoms with Gasteiger partial charge in [0.05, 0.1) is 5.52 Å². The van der Waals surface area contributed by atoms with Crippen LogP contribution in [0.2, 0.25) is 5.15 Å². The predicted molar refractivity (Wildman–Crippen MR) is 105 cm³/mol. The van der Waals surface area contributed by atoms with Crippen LogP contribution in [0.15, 0.2) is 59.8 Å². The van der Waals surface area contributed by atoms with Crippen LogP contribution in [0.3, 0.4) is 0 Å². The summed E-state index contributed by atoms with van der Waals surface area (Å²) in [7, 11) is 0. The number of benzene rings is 2. The number of pyridine rings is 1. The topological polar surface area (TPSA) is 55.6 Å². The number of thioether (sulfide) groups is 1. The summed E-state index contributed by atoms with van der Waals surface area (Å²) >= 11 is 8.07. The van der Waals surface area contributed by atoms with Crippen molar-refractivity contribution in [1.29, 1.82) is 0 Å². The van der Waals surface area contributed by atoms with Crippen LogP contribution in [0.1, 0.15) is 16.5 Å². The van der Waals surface area contributed by atoms with E-state index in [1.807, 2.05) is 47.1 Å². The SMILES string of the molecule is Cc1ccc2nc(Cl)c(C3Nn4c(nnc4-c4ccccc4)S3)cc2c1. The molecule has 0 bridgehead atoms. The molecule has 1 aliphatic heterocycles. The van der Waals surface area contributed by atoms with Crippen molar-refractivity contribution in [3.63, 3.8) is 0 Å². The fraction of sp³-hybridized carbons (Fsp3) is 0.105. The molecule has 5 rings (SSSR count). The summed E-state index contributed by atoms with van der Waals surface area (Å²) < 4.78 is 1.92. The molecule has 1 N–H and O–H groups in total. The fourth-order valence-corrected chi connectivity index (χ4v) is 4.42. The van der Waals surface area contributed by atoms with Gasteiger partial charge in [0.1, 0.15) is 10.5 Å². The first-order valence-electron chi connectivity index (χ1n) is 8.20. The Morgan fingerprint density at radius 3 is 2.77 bits per heavy atom. The molecule has 1 unspecified atom stereocenters. The lowest BCUT2D eigenvalue weighted by Gasteiger charge is -2.14. The van der Waals surface area contributed by atoms with Crippen LogP contribution >= 0.6 is 23.4 Å². The van der Waals surface area contributed by atoms with Crippen LogP contribution in [0.25, 0.3) is 22.3 Å². The van der Waals surface area contributed by atoms with E-state index >= 15 is 0 Å². The van der Waals surface area contributed by atoms with Gasteiger partial charge in [-0.3, -0.25) is 0 Å². The summed E-state index contributed by atoms with van der Waals surface area (Å²) in [5.41, 5.74) is 7.50. The zero-order valence-electron chi connectivity index (χ0n) is 13.8. The molecule has 0 saturated heterocycles. The Hall–Kier alpha value is -2.57. The zero-order chi connectivity index (χ0) is 17.7. The number of aromatic nitrogens is 4. The molecule has 2 aromatic heterocycles. The van der Waals surface area contributed by atoms with Gasteiger partial charge in [0, 0.05) is 16.5 Å². The van der Waals surface area contributed by atoms with Crippen LogP contribution in [-0.4, -0.2) is 19.9 Å². The first-order chi connectivity index (χ1) is 12.7. The number of rotatable bonds is 2. The fourth-order valence-electron chi connectivity index (χ4n) is 3.09. The third-order valence-electron chi connectivity index (χ3n) is 4.37. The molecule has 26 heavy (non-hydrogen) atoms. The number of hydrogen-bond donors (Lipinski definition) is 1. The Morgan fingerprint density at radius 1 is 1.08 bits per heavy atom. The molecule has 1 aliphatic rings. The summed E-state index contributed by atoms with van der Waals surface area (Å²) in [4.78, 5) is 4.56. The maximum absolute atomic E-state index is 6.48. The minimum absolute atomic E-state index is 0.0622. The molecule has 0 aliphatic carbocycles. The van der Waals surface area contributed by atoms with Crippen LogP contribution < -0.4 is 5.43 Å². The number of fused-ring (bicyclic) bond motifs is 2. The molecule has 5 nitrogen and oxygen atoms in total. The lowest BCUT2D eigenvalue weighted by molar-refractivity contribution is 0.792. The van der Waals surface area contributed by atoms with Gasteiger partial charge in [0.15, 0.2) is 5.82 Å². The Balaban J connectivity index is 1.54. The Bertz CT molecular complexity index is 1130. The molecule has 0 amide bonds. The van der Waals surface area contributed by atoms with E-state index in [2.05, 4.69) is 39.7 Å². The van der Waals surface area contributed by atoms with Gasteiger partial charge in [-0.1, -0.05) is 65.3 Å². The average molecular weight is 380 g/mol. The molecule has 4 aromatic rings. The van der Waals surface area contributed by atoms with Crippen LogP contribution in [0.5, 0.6) is 0 Å². The molecular weight excluding hydrogens is 366 g/mol. The largest absolute Gasteiger partial charge is 0.304 e. The van der Waals surface area contributed by atoms with E-state index in [9.17, 15) is 0 Å². The van der Waals surface area contributed by atoms with Crippen molar-refractivity contribution in [2.45, 2.75) is 17.5 Å².